The summed E-state index contributed by atoms with van der Waals surface area (Å²) in [5.74, 6) is 0.109. The molecular weight excluding hydrogens is 268 g/mol. The summed E-state index contributed by atoms with van der Waals surface area (Å²) in [6.07, 6.45) is 0.982. The van der Waals surface area contributed by atoms with Gasteiger partial charge in [0.1, 0.15) is 5.84 Å². The van der Waals surface area contributed by atoms with Crippen molar-refractivity contribution in [3.8, 4) is 22.3 Å². The Morgan fingerprint density at radius 2 is 1.45 bits per heavy atom. The fourth-order valence-electron chi connectivity index (χ4n) is 3.26. The van der Waals surface area contributed by atoms with Crippen molar-refractivity contribution in [1.82, 2.24) is 0 Å². The Labute approximate surface area is 129 Å². The molecule has 22 heavy (non-hydrogen) atoms. The van der Waals surface area contributed by atoms with Crippen molar-refractivity contribution >= 4 is 5.84 Å². The molecule has 3 N–H and O–H groups in total. The molecule has 2 nitrogen and oxygen atoms in total. The summed E-state index contributed by atoms with van der Waals surface area (Å²) < 4.78 is 0. The van der Waals surface area contributed by atoms with E-state index >= 15 is 0 Å². The molecule has 0 spiro atoms. The minimum absolute atomic E-state index is 0.109. The first kappa shape index (κ1) is 12.8. The van der Waals surface area contributed by atoms with Crippen LogP contribution >= 0.6 is 0 Å². The number of rotatable bonds is 2. The second kappa shape index (κ2) is 4.85. The van der Waals surface area contributed by atoms with Crippen LogP contribution in [0.1, 0.15) is 16.7 Å². The van der Waals surface area contributed by atoms with Crippen LogP contribution in [0.5, 0.6) is 0 Å². The van der Waals surface area contributed by atoms with Crippen molar-refractivity contribution in [2.45, 2.75) is 6.42 Å². The van der Waals surface area contributed by atoms with Gasteiger partial charge in [-0.2, -0.15) is 0 Å². The van der Waals surface area contributed by atoms with E-state index in [9.17, 15) is 0 Å². The topological polar surface area (TPSA) is 49.9 Å². The molecule has 0 saturated carbocycles. The van der Waals surface area contributed by atoms with E-state index in [-0.39, 0.29) is 5.84 Å². The van der Waals surface area contributed by atoms with Crippen LogP contribution in [0, 0.1) is 5.41 Å². The molecule has 0 radical (unpaired) electrons. The number of nitrogens with two attached hydrogens (primary N) is 1. The average molecular weight is 284 g/mol. The minimum atomic E-state index is 0.109. The lowest BCUT2D eigenvalue weighted by atomic mass is 9.95. The van der Waals surface area contributed by atoms with Crippen molar-refractivity contribution in [2.75, 3.05) is 0 Å². The zero-order chi connectivity index (χ0) is 15.1. The van der Waals surface area contributed by atoms with Crippen molar-refractivity contribution in [2.24, 2.45) is 5.73 Å². The molecule has 0 aromatic heterocycles. The summed E-state index contributed by atoms with van der Waals surface area (Å²) in [6.45, 7) is 0. The van der Waals surface area contributed by atoms with Gasteiger partial charge < -0.3 is 5.73 Å². The molecule has 2 heteroatoms. The highest BCUT2D eigenvalue weighted by molar-refractivity contribution is 5.95. The number of amidine groups is 1. The van der Waals surface area contributed by atoms with Crippen LogP contribution in [-0.4, -0.2) is 5.84 Å². The zero-order valence-corrected chi connectivity index (χ0v) is 12.1. The van der Waals surface area contributed by atoms with Gasteiger partial charge in [-0.15, -0.1) is 0 Å². The van der Waals surface area contributed by atoms with Crippen LogP contribution in [0.2, 0.25) is 0 Å². The molecule has 0 fully saturated rings. The predicted octanol–water partition coefficient (Wildman–Crippen LogP) is 4.21. The molecule has 0 saturated heterocycles. The SMILES string of the molecule is N=C(N)c1ccc(-c2cccc3c2Cc2ccccc2-3)cc1. The molecular formula is C20H16N2. The van der Waals surface area contributed by atoms with Gasteiger partial charge in [0.05, 0.1) is 0 Å². The highest BCUT2D eigenvalue weighted by Gasteiger charge is 2.20. The maximum absolute atomic E-state index is 7.50. The van der Waals surface area contributed by atoms with Gasteiger partial charge in [0.25, 0.3) is 0 Å². The first-order valence-corrected chi connectivity index (χ1v) is 7.39. The van der Waals surface area contributed by atoms with Gasteiger partial charge in [0.2, 0.25) is 0 Å². The molecule has 1 aliphatic rings. The Kier molecular flexibility index (Phi) is 2.83. The molecule has 0 unspecified atom stereocenters. The second-order valence-electron chi connectivity index (χ2n) is 5.66. The van der Waals surface area contributed by atoms with Crippen molar-refractivity contribution in [3.05, 3.63) is 83.4 Å². The Morgan fingerprint density at radius 3 is 2.23 bits per heavy atom. The van der Waals surface area contributed by atoms with Crippen molar-refractivity contribution in [3.63, 3.8) is 0 Å². The summed E-state index contributed by atoms with van der Waals surface area (Å²) in [7, 11) is 0. The molecule has 0 bridgehead atoms. The maximum Gasteiger partial charge on any atom is 0.122 e. The fraction of sp³-hybridized carbons (Fsp3) is 0.0500. The first-order valence-electron chi connectivity index (χ1n) is 7.39. The molecule has 0 amide bonds. The van der Waals surface area contributed by atoms with Crippen LogP contribution in [0.4, 0.5) is 0 Å². The molecule has 4 rings (SSSR count). The lowest BCUT2D eigenvalue weighted by Gasteiger charge is -2.09. The summed E-state index contributed by atoms with van der Waals surface area (Å²) in [5.41, 5.74) is 14.2. The fourth-order valence-corrected chi connectivity index (χ4v) is 3.26. The molecule has 0 atom stereocenters. The van der Waals surface area contributed by atoms with Crippen LogP contribution in [0.25, 0.3) is 22.3 Å². The van der Waals surface area contributed by atoms with Gasteiger partial charge >= 0.3 is 0 Å². The van der Waals surface area contributed by atoms with Gasteiger partial charge in [-0.3, -0.25) is 5.41 Å². The molecule has 0 heterocycles. The maximum atomic E-state index is 7.50. The van der Waals surface area contributed by atoms with Crippen molar-refractivity contribution in [1.29, 1.82) is 5.41 Å². The van der Waals surface area contributed by atoms with E-state index in [4.69, 9.17) is 11.1 Å². The average Bonchev–Trinajstić information content (AvgIpc) is 2.93. The number of benzene rings is 3. The Hall–Kier alpha value is -2.87. The molecule has 0 aliphatic heterocycles. The number of nitrogens with one attached hydrogen (secondary N) is 1. The smallest absolute Gasteiger partial charge is 0.122 e. The van der Waals surface area contributed by atoms with E-state index in [1.807, 2.05) is 12.1 Å². The minimum Gasteiger partial charge on any atom is -0.384 e. The van der Waals surface area contributed by atoms with Crippen LogP contribution in [0.15, 0.2) is 66.7 Å². The van der Waals surface area contributed by atoms with Crippen LogP contribution in [-0.2, 0) is 6.42 Å². The summed E-state index contributed by atoms with van der Waals surface area (Å²) in [6, 6.07) is 23.0. The normalized spacial score (nSPS) is 11.8. The third kappa shape index (κ3) is 1.92. The van der Waals surface area contributed by atoms with Gasteiger partial charge in [0.15, 0.2) is 0 Å². The monoisotopic (exact) mass is 284 g/mol. The van der Waals surface area contributed by atoms with Gasteiger partial charge in [-0.25, -0.2) is 0 Å². The lowest BCUT2D eigenvalue weighted by molar-refractivity contribution is 1.26. The molecule has 3 aromatic rings. The van der Waals surface area contributed by atoms with E-state index in [1.165, 1.54) is 33.4 Å². The summed E-state index contributed by atoms with van der Waals surface area (Å²) >= 11 is 0. The molecule has 3 aromatic carbocycles. The first-order chi connectivity index (χ1) is 10.7. The van der Waals surface area contributed by atoms with Gasteiger partial charge in [0, 0.05) is 5.56 Å². The van der Waals surface area contributed by atoms with Crippen molar-refractivity contribution < 1.29 is 0 Å². The summed E-state index contributed by atoms with van der Waals surface area (Å²) in [5, 5.41) is 7.50. The second-order valence-corrected chi connectivity index (χ2v) is 5.66. The molecule has 1 aliphatic carbocycles. The Bertz CT molecular complexity index is 876. The third-order valence-electron chi connectivity index (χ3n) is 4.36. The number of nitrogen functional groups attached to an aromatic ring is 1. The highest BCUT2D eigenvalue weighted by Crippen LogP contribution is 2.41. The largest absolute Gasteiger partial charge is 0.384 e. The standard InChI is InChI=1S/C20H16N2/c21-20(22)14-10-8-13(9-11-14)16-6-3-7-18-17-5-2-1-4-15(17)12-19(16)18/h1-11H,12H2,(H3,21,22). The van der Waals surface area contributed by atoms with Gasteiger partial charge in [-0.05, 0) is 39.8 Å². The number of fused-ring (bicyclic) bond motifs is 3. The lowest BCUT2D eigenvalue weighted by Crippen LogP contribution is -2.10. The van der Waals surface area contributed by atoms with E-state index in [2.05, 4.69) is 54.6 Å². The third-order valence-corrected chi connectivity index (χ3v) is 4.36. The molecule has 106 valence electrons. The van der Waals surface area contributed by atoms with E-state index < -0.39 is 0 Å². The predicted molar refractivity (Wildman–Crippen MR) is 91.1 cm³/mol. The quantitative estimate of drug-likeness (QED) is 0.420. The Balaban J connectivity index is 1.84. The van der Waals surface area contributed by atoms with Crippen LogP contribution in [0.3, 0.4) is 0 Å². The van der Waals surface area contributed by atoms with E-state index in [1.54, 1.807) is 0 Å². The number of hydrogen-bond acceptors (Lipinski definition) is 1. The number of hydrogen-bond donors (Lipinski definition) is 2. The van der Waals surface area contributed by atoms with Gasteiger partial charge in [-0.1, -0.05) is 66.7 Å². The van der Waals surface area contributed by atoms with E-state index in [0.717, 1.165) is 12.0 Å². The highest BCUT2D eigenvalue weighted by atomic mass is 14.7. The van der Waals surface area contributed by atoms with Crippen LogP contribution < -0.4 is 5.73 Å². The zero-order valence-electron chi connectivity index (χ0n) is 12.1. The van der Waals surface area contributed by atoms with E-state index in [0.29, 0.717) is 0 Å². The summed E-state index contributed by atoms with van der Waals surface area (Å²) in [4.78, 5) is 0. The Morgan fingerprint density at radius 1 is 0.773 bits per heavy atom.